The summed E-state index contributed by atoms with van der Waals surface area (Å²) in [5, 5.41) is 4.89. The van der Waals surface area contributed by atoms with Crippen LogP contribution in [-0.4, -0.2) is 44.3 Å². The molecule has 1 aliphatic rings. The van der Waals surface area contributed by atoms with Gasteiger partial charge in [0, 0.05) is 23.1 Å². The van der Waals surface area contributed by atoms with Crippen LogP contribution in [0.5, 0.6) is 0 Å². The topological polar surface area (TPSA) is 24.5 Å². The Labute approximate surface area is 131 Å². The minimum Gasteiger partial charge on any atom is -0.374 e. The van der Waals surface area contributed by atoms with Gasteiger partial charge in [-0.2, -0.15) is 0 Å². The molecule has 1 N–H and O–H groups in total. The smallest absolute Gasteiger partial charge is 0.0896 e. The van der Waals surface area contributed by atoms with Crippen molar-refractivity contribution in [2.24, 2.45) is 0 Å². The van der Waals surface area contributed by atoms with Gasteiger partial charge in [0.05, 0.1) is 18.8 Å². The third-order valence-electron chi connectivity index (χ3n) is 3.65. The van der Waals surface area contributed by atoms with Gasteiger partial charge in [-0.25, -0.2) is 0 Å². The first-order valence-electron chi connectivity index (χ1n) is 7.11. The maximum absolute atomic E-state index is 6.36. The van der Waals surface area contributed by atoms with Gasteiger partial charge in [-0.3, -0.25) is 4.90 Å². The van der Waals surface area contributed by atoms with Crippen LogP contribution < -0.4 is 5.32 Å². The molecule has 0 aromatic heterocycles. The number of hydrogen-bond acceptors (Lipinski definition) is 3. The second-order valence-electron chi connectivity index (χ2n) is 5.20. The Hall–Kier alpha value is -0.320. The summed E-state index contributed by atoms with van der Waals surface area (Å²) in [5.41, 5.74) is 1.05. The lowest BCUT2D eigenvalue weighted by atomic mass is 9.98. The number of nitrogens with one attached hydrogen (secondary N) is 1. The number of nitrogens with zero attached hydrogens (tertiary/aromatic N) is 1. The van der Waals surface area contributed by atoms with Gasteiger partial charge in [-0.05, 0) is 43.8 Å². The first kappa shape index (κ1) is 16.1. The summed E-state index contributed by atoms with van der Waals surface area (Å²) in [6.45, 7) is 5.64. The number of morpholine rings is 1. The van der Waals surface area contributed by atoms with Crippen molar-refractivity contribution in [2.45, 2.75) is 25.5 Å². The molecule has 112 valence electrons. The summed E-state index contributed by atoms with van der Waals surface area (Å²) in [5.74, 6) is 0. The molecular formula is C15H22Cl2N2O. The lowest BCUT2D eigenvalue weighted by Gasteiger charge is -2.40. The van der Waals surface area contributed by atoms with E-state index in [1.165, 1.54) is 0 Å². The molecule has 1 aromatic rings. The molecule has 5 heteroatoms. The van der Waals surface area contributed by atoms with Crippen LogP contribution in [0.3, 0.4) is 0 Å². The molecule has 2 rings (SSSR count). The normalized spacial score (nSPS) is 24.0. The van der Waals surface area contributed by atoms with Crippen LogP contribution in [0.4, 0.5) is 0 Å². The van der Waals surface area contributed by atoms with Crippen molar-refractivity contribution >= 4 is 23.2 Å². The summed E-state index contributed by atoms with van der Waals surface area (Å²) in [6.07, 6.45) is 1.21. The van der Waals surface area contributed by atoms with E-state index < -0.39 is 0 Å². The SMILES string of the molecule is CCCNCC1OCCN(C)C1c1cc(Cl)ccc1Cl. The minimum atomic E-state index is 0.0938. The lowest BCUT2D eigenvalue weighted by Crippen LogP contribution is -2.47. The molecular weight excluding hydrogens is 295 g/mol. The highest BCUT2D eigenvalue weighted by molar-refractivity contribution is 6.33. The van der Waals surface area contributed by atoms with Gasteiger partial charge in [0.2, 0.25) is 0 Å². The zero-order valence-electron chi connectivity index (χ0n) is 12.0. The predicted molar refractivity (Wildman–Crippen MR) is 84.7 cm³/mol. The quantitative estimate of drug-likeness (QED) is 0.843. The van der Waals surface area contributed by atoms with E-state index in [4.69, 9.17) is 27.9 Å². The van der Waals surface area contributed by atoms with E-state index in [0.29, 0.717) is 5.02 Å². The number of ether oxygens (including phenoxy) is 1. The van der Waals surface area contributed by atoms with Crippen LogP contribution in [0.1, 0.15) is 24.9 Å². The van der Waals surface area contributed by atoms with Crippen molar-refractivity contribution in [1.82, 2.24) is 10.2 Å². The van der Waals surface area contributed by atoms with Crippen molar-refractivity contribution in [1.29, 1.82) is 0 Å². The summed E-state index contributed by atoms with van der Waals surface area (Å²) >= 11 is 12.5. The van der Waals surface area contributed by atoms with Crippen molar-refractivity contribution in [3.8, 4) is 0 Å². The molecule has 0 bridgehead atoms. The fourth-order valence-corrected chi connectivity index (χ4v) is 3.04. The molecule has 0 radical (unpaired) electrons. The molecule has 1 heterocycles. The zero-order chi connectivity index (χ0) is 14.5. The number of hydrogen-bond donors (Lipinski definition) is 1. The maximum Gasteiger partial charge on any atom is 0.0896 e. The monoisotopic (exact) mass is 316 g/mol. The molecule has 1 fully saturated rings. The first-order valence-corrected chi connectivity index (χ1v) is 7.86. The molecule has 0 aliphatic carbocycles. The van der Waals surface area contributed by atoms with Crippen molar-refractivity contribution < 1.29 is 4.74 Å². The fourth-order valence-electron chi connectivity index (χ4n) is 2.63. The van der Waals surface area contributed by atoms with Gasteiger partial charge in [0.15, 0.2) is 0 Å². The van der Waals surface area contributed by atoms with E-state index in [1.54, 1.807) is 0 Å². The third-order valence-corrected chi connectivity index (χ3v) is 4.23. The highest BCUT2D eigenvalue weighted by Gasteiger charge is 2.32. The number of rotatable bonds is 5. The Morgan fingerprint density at radius 2 is 2.20 bits per heavy atom. The summed E-state index contributed by atoms with van der Waals surface area (Å²) < 4.78 is 5.95. The molecule has 20 heavy (non-hydrogen) atoms. The first-order chi connectivity index (χ1) is 9.63. The third kappa shape index (κ3) is 3.86. The molecule has 0 saturated carbocycles. The molecule has 2 atom stereocenters. The number of halogens is 2. The Balaban J connectivity index is 2.20. The van der Waals surface area contributed by atoms with Crippen molar-refractivity contribution in [3.05, 3.63) is 33.8 Å². The van der Waals surface area contributed by atoms with Crippen molar-refractivity contribution in [2.75, 3.05) is 33.3 Å². The second kappa shape index (κ2) is 7.62. The number of likely N-dealkylation sites (N-methyl/N-ethyl adjacent to an activating group) is 1. The second-order valence-corrected chi connectivity index (χ2v) is 6.05. The summed E-state index contributed by atoms with van der Waals surface area (Å²) in [6, 6.07) is 5.77. The molecule has 1 aliphatic heterocycles. The highest BCUT2D eigenvalue weighted by atomic mass is 35.5. The zero-order valence-corrected chi connectivity index (χ0v) is 13.5. The standard InChI is InChI=1S/C15H22Cl2N2O/c1-3-6-18-10-14-15(19(2)7-8-20-14)12-9-11(16)4-5-13(12)17/h4-5,9,14-15,18H,3,6-8,10H2,1-2H3. The molecule has 3 nitrogen and oxygen atoms in total. The van der Waals surface area contributed by atoms with E-state index >= 15 is 0 Å². The van der Waals surface area contributed by atoms with Gasteiger partial charge < -0.3 is 10.1 Å². The van der Waals surface area contributed by atoms with Crippen LogP contribution >= 0.6 is 23.2 Å². The van der Waals surface area contributed by atoms with Gasteiger partial charge in [-0.15, -0.1) is 0 Å². The molecule has 2 unspecified atom stereocenters. The van der Waals surface area contributed by atoms with E-state index in [9.17, 15) is 0 Å². The van der Waals surface area contributed by atoms with Gasteiger partial charge in [-0.1, -0.05) is 30.1 Å². The predicted octanol–water partition coefficient (Wildman–Crippen LogP) is 3.36. The average Bonchev–Trinajstić information content (AvgIpc) is 2.42. The Bertz CT molecular complexity index is 442. The van der Waals surface area contributed by atoms with Crippen LogP contribution in [0, 0.1) is 0 Å². The minimum absolute atomic E-state index is 0.0938. The van der Waals surface area contributed by atoms with E-state index in [-0.39, 0.29) is 12.1 Å². The average molecular weight is 317 g/mol. The maximum atomic E-state index is 6.36. The Morgan fingerprint density at radius 3 is 2.95 bits per heavy atom. The van der Waals surface area contributed by atoms with E-state index in [2.05, 4.69) is 24.2 Å². The van der Waals surface area contributed by atoms with Crippen LogP contribution in [-0.2, 0) is 4.74 Å². The summed E-state index contributed by atoms with van der Waals surface area (Å²) in [7, 11) is 2.11. The van der Waals surface area contributed by atoms with Crippen LogP contribution in [0.15, 0.2) is 18.2 Å². The molecule has 1 aromatic carbocycles. The van der Waals surface area contributed by atoms with Gasteiger partial charge >= 0.3 is 0 Å². The van der Waals surface area contributed by atoms with Gasteiger partial charge in [0.1, 0.15) is 0 Å². The molecule has 0 amide bonds. The Morgan fingerprint density at radius 1 is 1.40 bits per heavy atom. The van der Waals surface area contributed by atoms with Gasteiger partial charge in [0.25, 0.3) is 0 Å². The van der Waals surface area contributed by atoms with E-state index in [1.807, 2.05) is 18.2 Å². The van der Waals surface area contributed by atoms with Crippen LogP contribution in [0.25, 0.3) is 0 Å². The molecule has 0 spiro atoms. The Kier molecular flexibility index (Phi) is 6.12. The summed E-state index contributed by atoms with van der Waals surface area (Å²) in [4.78, 5) is 2.29. The van der Waals surface area contributed by atoms with Crippen molar-refractivity contribution in [3.63, 3.8) is 0 Å². The lowest BCUT2D eigenvalue weighted by molar-refractivity contribution is -0.0612. The van der Waals surface area contributed by atoms with E-state index in [0.717, 1.165) is 43.2 Å². The van der Waals surface area contributed by atoms with Crippen LogP contribution in [0.2, 0.25) is 10.0 Å². The number of benzene rings is 1. The highest BCUT2D eigenvalue weighted by Crippen LogP contribution is 2.34. The largest absolute Gasteiger partial charge is 0.374 e. The molecule has 1 saturated heterocycles. The fraction of sp³-hybridized carbons (Fsp3) is 0.600.